The molecule has 2 fully saturated rings. The first-order valence-electron chi connectivity index (χ1n) is 6.86. The van der Waals surface area contributed by atoms with E-state index >= 15 is 0 Å². The van der Waals surface area contributed by atoms with Crippen LogP contribution in [0.3, 0.4) is 0 Å². The fourth-order valence-electron chi connectivity index (χ4n) is 3.38. The van der Waals surface area contributed by atoms with Crippen molar-refractivity contribution < 1.29 is 4.57 Å². The molecule has 1 N–H and O–H groups in total. The first kappa shape index (κ1) is 12.4. The predicted molar refractivity (Wildman–Crippen MR) is 75.2 cm³/mol. The summed E-state index contributed by atoms with van der Waals surface area (Å²) in [6, 6.07) is 10.4. The maximum Gasteiger partial charge on any atom is 0.243 e. The summed E-state index contributed by atoms with van der Waals surface area (Å²) in [4.78, 5) is 0. The maximum absolute atomic E-state index is 13.2. The van der Waals surface area contributed by atoms with Gasteiger partial charge < -0.3 is 0 Å². The Morgan fingerprint density at radius 2 is 1.94 bits per heavy atom. The van der Waals surface area contributed by atoms with Gasteiger partial charge in [-0.1, -0.05) is 31.0 Å². The summed E-state index contributed by atoms with van der Waals surface area (Å²) in [5, 5.41) is 4.28. The average molecular weight is 264 g/mol. The first-order chi connectivity index (χ1) is 8.72. The van der Waals surface area contributed by atoms with Crippen molar-refractivity contribution in [2.24, 2.45) is 5.92 Å². The molecule has 1 aromatic rings. The fourth-order valence-corrected chi connectivity index (χ4v) is 5.93. The average Bonchev–Trinajstić information content (AvgIpc) is 2.44. The number of nitrogens with zero attached hydrogens (tertiary/aromatic N) is 1. The van der Waals surface area contributed by atoms with Gasteiger partial charge in [0, 0.05) is 17.9 Å². The Hall–Kier alpha value is -0.630. The van der Waals surface area contributed by atoms with E-state index in [-0.39, 0.29) is 0 Å². The Morgan fingerprint density at radius 1 is 1.22 bits per heavy atom. The molecular formula is C14H21N2OP. The molecule has 0 spiro atoms. The van der Waals surface area contributed by atoms with Crippen LogP contribution < -0.4 is 10.4 Å². The smallest absolute Gasteiger partial charge is 0.243 e. The van der Waals surface area contributed by atoms with Gasteiger partial charge in [-0.15, -0.1) is 0 Å². The molecule has 3 atom stereocenters. The highest BCUT2D eigenvalue weighted by Crippen LogP contribution is 2.51. The molecule has 1 aromatic carbocycles. The molecule has 4 heteroatoms. The number of rotatable bonds is 1. The first-order valence-corrected chi connectivity index (χ1v) is 8.52. The molecule has 0 aromatic heterocycles. The van der Waals surface area contributed by atoms with E-state index in [9.17, 15) is 4.57 Å². The molecule has 3 rings (SSSR count). The highest BCUT2D eigenvalue weighted by molar-refractivity contribution is 7.67. The molecule has 2 aliphatic rings. The summed E-state index contributed by atoms with van der Waals surface area (Å²) < 4.78 is 15.4. The molecule has 1 aliphatic carbocycles. The number of hydrogen-bond acceptors (Lipinski definition) is 1. The Bertz CT molecular complexity index is 462. The van der Waals surface area contributed by atoms with Gasteiger partial charge in [0.15, 0.2) is 0 Å². The Morgan fingerprint density at radius 3 is 2.72 bits per heavy atom. The van der Waals surface area contributed by atoms with Crippen LogP contribution in [0.15, 0.2) is 30.3 Å². The summed E-state index contributed by atoms with van der Waals surface area (Å²) in [7, 11) is -0.532. The second-order valence-corrected chi connectivity index (χ2v) is 8.07. The SMILES string of the molecule is CN1[C@@H]2CCCC[C@@H]2CN[P@]1(=O)c1ccccc1. The highest BCUT2D eigenvalue weighted by atomic mass is 31.2. The fraction of sp³-hybridized carbons (Fsp3) is 0.571. The van der Waals surface area contributed by atoms with Gasteiger partial charge in [-0.2, -0.15) is 0 Å². The standard InChI is InChI=1S/C14H21N2OP/c1-16-14-10-6-5-7-12(14)11-15-18(16,17)13-8-3-2-4-9-13/h2-4,8-9,12,14H,5-7,10-11H2,1H3,(H,15,17)/t12-,14-,18-/m1/s1. The third kappa shape index (κ3) is 1.95. The van der Waals surface area contributed by atoms with Crippen molar-refractivity contribution in [2.75, 3.05) is 13.6 Å². The summed E-state index contributed by atoms with van der Waals surface area (Å²) in [5.41, 5.74) is 0. The van der Waals surface area contributed by atoms with Gasteiger partial charge in [0.25, 0.3) is 0 Å². The van der Waals surface area contributed by atoms with Crippen LogP contribution in [0.2, 0.25) is 0 Å². The number of fused-ring (bicyclic) bond motifs is 1. The van der Waals surface area contributed by atoms with Crippen LogP contribution in [-0.4, -0.2) is 24.3 Å². The zero-order valence-electron chi connectivity index (χ0n) is 10.9. The largest absolute Gasteiger partial charge is 0.284 e. The van der Waals surface area contributed by atoms with Crippen LogP contribution in [0.25, 0.3) is 0 Å². The molecule has 1 saturated carbocycles. The van der Waals surface area contributed by atoms with Crippen molar-refractivity contribution in [1.29, 1.82) is 0 Å². The lowest BCUT2D eigenvalue weighted by Gasteiger charge is -2.46. The van der Waals surface area contributed by atoms with E-state index in [1.165, 1.54) is 25.7 Å². The lowest BCUT2D eigenvalue weighted by atomic mass is 9.84. The lowest BCUT2D eigenvalue weighted by molar-refractivity contribution is 0.180. The summed E-state index contributed by atoms with van der Waals surface area (Å²) in [5.74, 6) is 0.675. The van der Waals surface area contributed by atoms with E-state index in [2.05, 4.69) is 9.76 Å². The second-order valence-electron chi connectivity index (χ2n) is 5.46. The molecule has 0 amide bonds. The number of benzene rings is 1. The Labute approximate surface area is 109 Å². The topological polar surface area (TPSA) is 32.3 Å². The minimum absolute atomic E-state index is 0.492. The zero-order chi connectivity index (χ0) is 12.6. The molecule has 3 nitrogen and oxygen atoms in total. The molecule has 0 bridgehead atoms. The van der Waals surface area contributed by atoms with Crippen molar-refractivity contribution >= 4 is 12.7 Å². The molecule has 1 aliphatic heterocycles. The van der Waals surface area contributed by atoms with Crippen LogP contribution in [-0.2, 0) is 4.57 Å². The van der Waals surface area contributed by atoms with E-state index in [0.717, 1.165) is 11.8 Å². The van der Waals surface area contributed by atoms with Gasteiger partial charge >= 0.3 is 0 Å². The van der Waals surface area contributed by atoms with Crippen molar-refractivity contribution in [3.05, 3.63) is 30.3 Å². The molecule has 0 radical (unpaired) electrons. The van der Waals surface area contributed by atoms with E-state index < -0.39 is 7.44 Å². The third-order valence-electron chi connectivity index (χ3n) is 4.47. The van der Waals surface area contributed by atoms with Gasteiger partial charge in [-0.3, -0.25) is 9.65 Å². The van der Waals surface area contributed by atoms with Gasteiger partial charge in [-0.25, -0.2) is 4.67 Å². The summed E-state index contributed by atoms with van der Waals surface area (Å²) >= 11 is 0. The predicted octanol–water partition coefficient (Wildman–Crippen LogP) is 2.60. The van der Waals surface area contributed by atoms with Crippen molar-refractivity contribution in [1.82, 2.24) is 9.76 Å². The van der Waals surface area contributed by atoms with E-state index in [1.807, 2.05) is 37.4 Å². The van der Waals surface area contributed by atoms with Gasteiger partial charge in [0.1, 0.15) is 0 Å². The summed E-state index contributed by atoms with van der Waals surface area (Å²) in [6.07, 6.45) is 5.07. The van der Waals surface area contributed by atoms with Crippen LogP contribution in [0.5, 0.6) is 0 Å². The molecule has 18 heavy (non-hydrogen) atoms. The van der Waals surface area contributed by atoms with E-state index in [4.69, 9.17) is 0 Å². The van der Waals surface area contributed by atoms with Gasteiger partial charge in [0.05, 0.1) is 0 Å². The minimum atomic E-state index is -2.56. The molecule has 98 valence electrons. The Balaban J connectivity index is 1.92. The van der Waals surface area contributed by atoms with Crippen LogP contribution in [0.1, 0.15) is 25.7 Å². The summed E-state index contributed by atoms with van der Waals surface area (Å²) in [6.45, 7) is 0.904. The molecule has 1 heterocycles. The van der Waals surface area contributed by atoms with Crippen LogP contribution in [0.4, 0.5) is 0 Å². The monoisotopic (exact) mass is 264 g/mol. The van der Waals surface area contributed by atoms with Gasteiger partial charge in [0.2, 0.25) is 7.44 Å². The quantitative estimate of drug-likeness (QED) is 0.791. The molecule has 0 unspecified atom stereocenters. The third-order valence-corrected chi connectivity index (χ3v) is 7.26. The van der Waals surface area contributed by atoms with E-state index in [0.29, 0.717) is 12.0 Å². The lowest BCUT2D eigenvalue weighted by Crippen LogP contribution is -2.51. The highest BCUT2D eigenvalue weighted by Gasteiger charge is 2.43. The normalized spacial score (nSPS) is 37.2. The maximum atomic E-state index is 13.2. The van der Waals surface area contributed by atoms with Crippen molar-refractivity contribution in [3.63, 3.8) is 0 Å². The molecule has 1 saturated heterocycles. The van der Waals surface area contributed by atoms with Crippen molar-refractivity contribution in [3.8, 4) is 0 Å². The van der Waals surface area contributed by atoms with Crippen molar-refractivity contribution in [2.45, 2.75) is 31.7 Å². The van der Waals surface area contributed by atoms with Crippen LogP contribution >= 0.6 is 7.44 Å². The Kier molecular flexibility index (Phi) is 3.31. The second kappa shape index (κ2) is 4.80. The van der Waals surface area contributed by atoms with Gasteiger partial charge in [-0.05, 0) is 37.9 Å². The van der Waals surface area contributed by atoms with Crippen LogP contribution in [0, 0.1) is 5.92 Å². The minimum Gasteiger partial charge on any atom is -0.284 e. The van der Waals surface area contributed by atoms with E-state index in [1.54, 1.807) is 0 Å². The molecular weight excluding hydrogens is 243 g/mol. The number of hydrogen-bond donors (Lipinski definition) is 1. The number of nitrogens with one attached hydrogen (secondary N) is 1. The zero-order valence-corrected chi connectivity index (χ0v) is 11.8.